The minimum absolute atomic E-state index is 0.135. The van der Waals surface area contributed by atoms with E-state index in [2.05, 4.69) is 15.5 Å². The van der Waals surface area contributed by atoms with Crippen LogP contribution in [0.25, 0.3) is 0 Å². The van der Waals surface area contributed by atoms with Gasteiger partial charge in [0.25, 0.3) is 0 Å². The number of carbonyl (C=O) groups excluding carboxylic acids is 1. The molecule has 0 aliphatic rings. The molecule has 7 heteroatoms. The number of aryl methyl sites for hydroxylation is 2. The minimum atomic E-state index is -1.01. The third-order valence-corrected chi connectivity index (χ3v) is 2.89. The van der Waals surface area contributed by atoms with Crippen molar-refractivity contribution in [3.63, 3.8) is 0 Å². The van der Waals surface area contributed by atoms with Crippen LogP contribution in [0.1, 0.15) is 51.7 Å². The fraction of sp³-hybridized carbons (Fsp3) is 0.714. The molecule has 1 heterocycles. The number of nitrogens with one attached hydrogen (secondary N) is 1. The lowest BCUT2D eigenvalue weighted by molar-refractivity contribution is -0.142. The van der Waals surface area contributed by atoms with Crippen molar-refractivity contribution in [3.05, 3.63) is 11.7 Å². The summed E-state index contributed by atoms with van der Waals surface area (Å²) in [7, 11) is 0. The molecule has 7 nitrogen and oxygen atoms in total. The number of aliphatic carboxylic acids is 1. The number of nitrogens with zero attached hydrogens (tertiary/aromatic N) is 2. The van der Waals surface area contributed by atoms with Gasteiger partial charge in [0.05, 0.1) is 0 Å². The maximum atomic E-state index is 11.8. The van der Waals surface area contributed by atoms with Crippen LogP contribution in [0.4, 0.5) is 0 Å². The quantitative estimate of drug-likeness (QED) is 0.716. The summed E-state index contributed by atoms with van der Waals surface area (Å²) in [6, 6.07) is -0.851. The lowest BCUT2D eigenvalue weighted by Crippen LogP contribution is -2.41. The fourth-order valence-electron chi connectivity index (χ4n) is 1.90. The van der Waals surface area contributed by atoms with E-state index in [0.717, 1.165) is 12.8 Å². The van der Waals surface area contributed by atoms with Gasteiger partial charge in [0.1, 0.15) is 6.04 Å². The number of hydrogen-bond donors (Lipinski definition) is 2. The van der Waals surface area contributed by atoms with Gasteiger partial charge >= 0.3 is 5.97 Å². The highest BCUT2D eigenvalue weighted by molar-refractivity contribution is 5.83. The molecule has 0 bridgehead atoms. The molecular weight excluding hydrogens is 274 g/mol. The van der Waals surface area contributed by atoms with E-state index in [0.29, 0.717) is 24.6 Å². The zero-order chi connectivity index (χ0) is 15.8. The smallest absolute Gasteiger partial charge is 0.326 e. The van der Waals surface area contributed by atoms with Gasteiger partial charge < -0.3 is 14.9 Å². The molecule has 0 aliphatic heterocycles. The van der Waals surface area contributed by atoms with Crippen LogP contribution in [0, 0.1) is 5.92 Å². The Hall–Kier alpha value is -1.92. The van der Waals surface area contributed by atoms with E-state index in [9.17, 15) is 9.59 Å². The van der Waals surface area contributed by atoms with Crippen LogP contribution in [0.2, 0.25) is 0 Å². The monoisotopic (exact) mass is 297 g/mol. The first-order valence-electron chi connectivity index (χ1n) is 7.26. The molecule has 0 unspecified atom stereocenters. The Labute approximate surface area is 124 Å². The summed E-state index contributed by atoms with van der Waals surface area (Å²) < 4.78 is 5.03. The lowest BCUT2D eigenvalue weighted by Gasteiger charge is -2.16. The van der Waals surface area contributed by atoms with Gasteiger partial charge in [-0.1, -0.05) is 25.9 Å². The first-order chi connectivity index (χ1) is 9.92. The number of rotatable bonds is 9. The van der Waals surface area contributed by atoms with Crippen LogP contribution >= 0.6 is 0 Å². The van der Waals surface area contributed by atoms with Crippen molar-refractivity contribution in [2.45, 2.75) is 58.9 Å². The number of carboxylic acids is 1. The fourth-order valence-corrected chi connectivity index (χ4v) is 1.90. The minimum Gasteiger partial charge on any atom is -0.480 e. The Morgan fingerprint density at radius 1 is 1.33 bits per heavy atom. The Bertz CT molecular complexity index is 471. The molecule has 1 aromatic rings. The van der Waals surface area contributed by atoms with Crippen molar-refractivity contribution in [2.75, 3.05) is 0 Å². The third-order valence-electron chi connectivity index (χ3n) is 2.89. The second-order valence-electron chi connectivity index (χ2n) is 5.44. The molecule has 21 heavy (non-hydrogen) atoms. The molecule has 0 aliphatic carbocycles. The Balaban J connectivity index is 2.42. The van der Waals surface area contributed by atoms with Crippen LogP contribution in [-0.4, -0.2) is 33.2 Å². The Morgan fingerprint density at radius 3 is 2.62 bits per heavy atom. The van der Waals surface area contributed by atoms with E-state index in [1.807, 2.05) is 20.8 Å². The molecule has 0 aromatic carbocycles. The highest BCUT2D eigenvalue weighted by atomic mass is 16.5. The van der Waals surface area contributed by atoms with Gasteiger partial charge in [-0.15, -0.1) is 0 Å². The summed E-state index contributed by atoms with van der Waals surface area (Å²) >= 11 is 0. The molecule has 118 valence electrons. The number of aromatic nitrogens is 2. The highest BCUT2D eigenvalue weighted by Crippen LogP contribution is 2.07. The van der Waals surface area contributed by atoms with Crippen molar-refractivity contribution < 1.29 is 19.2 Å². The molecule has 1 rings (SSSR count). The molecule has 2 N–H and O–H groups in total. The van der Waals surface area contributed by atoms with E-state index in [1.54, 1.807) is 0 Å². The van der Waals surface area contributed by atoms with Crippen LogP contribution in [-0.2, 0) is 22.4 Å². The number of carboxylic acid groups (broad SMARTS) is 1. The SMILES string of the molecule is CCCc1noc(CCC(=O)N[C@@H](CC(C)C)C(=O)O)n1. The lowest BCUT2D eigenvalue weighted by atomic mass is 10.0. The first-order valence-corrected chi connectivity index (χ1v) is 7.26. The van der Waals surface area contributed by atoms with Crippen molar-refractivity contribution in [1.29, 1.82) is 0 Å². The molecule has 1 atom stereocenters. The van der Waals surface area contributed by atoms with E-state index < -0.39 is 12.0 Å². The number of carbonyl (C=O) groups is 2. The average Bonchev–Trinajstić information content (AvgIpc) is 2.83. The normalized spacial score (nSPS) is 12.4. The van der Waals surface area contributed by atoms with Crippen molar-refractivity contribution in [3.8, 4) is 0 Å². The van der Waals surface area contributed by atoms with Gasteiger partial charge in [-0.2, -0.15) is 4.98 Å². The van der Waals surface area contributed by atoms with Crippen LogP contribution in [0.3, 0.4) is 0 Å². The molecule has 1 amide bonds. The first kappa shape index (κ1) is 17.1. The number of amides is 1. The van der Waals surface area contributed by atoms with Crippen LogP contribution < -0.4 is 5.32 Å². The van der Waals surface area contributed by atoms with Crippen molar-refractivity contribution >= 4 is 11.9 Å². The second-order valence-corrected chi connectivity index (χ2v) is 5.44. The maximum Gasteiger partial charge on any atom is 0.326 e. The summed E-state index contributed by atoms with van der Waals surface area (Å²) in [5, 5.41) is 15.4. The summed E-state index contributed by atoms with van der Waals surface area (Å²) in [6.07, 6.45) is 2.52. The third kappa shape index (κ3) is 6.37. The van der Waals surface area contributed by atoms with Crippen LogP contribution in [0.15, 0.2) is 4.52 Å². The molecule has 1 aromatic heterocycles. The van der Waals surface area contributed by atoms with Gasteiger partial charge in [-0.25, -0.2) is 4.79 Å². The van der Waals surface area contributed by atoms with Gasteiger partial charge in [0.2, 0.25) is 11.8 Å². The molecular formula is C14H23N3O4. The zero-order valence-corrected chi connectivity index (χ0v) is 12.8. The van der Waals surface area contributed by atoms with E-state index in [1.165, 1.54) is 0 Å². The highest BCUT2D eigenvalue weighted by Gasteiger charge is 2.21. The standard InChI is InChI=1S/C14H23N3O4/c1-4-5-11-16-13(21-17-11)7-6-12(18)15-10(14(19)20)8-9(2)3/h9-10H,4-8H2,1-3H3,(H,15,18)(H,19,20)/t10-/m0/s1. The topological polar surface area (TPSA) is 105 Å². The molecule has 0 saturated heterocycles. The molecule has 0 saturated carbocycles. The molecule has 0 spiro atoms. The maximum absolute atomic E-state index is 11.8. The predicted octanol–water partition coefficient (Wildman–Crippen LogP) is 1.57. The van der Waals surface area contributed by atoms with E-state index >= 15 is 0 Å². The summed E-state index contributed by atoms with van der Waals surface area (Å²) in [5.74, 6) is -0.0993. The summed E-state index contributed by atoms with van der Waals surface area (Å²) in [6.45, 7) is 5.84. The van der Waals surface area contributed by atoms with Crippen molar-refractivity contribution in [2.24, 2.45) is 5.92 Å². The van der Waals surface area contributed by atoms with Gasteiger partial charge in [0, 0.05) is 19.3 Å². The Kier molecular flexibility index (Phi) is 6.84. The van der Waals surface area contributed by atoms with Crippen LogP contribution in [0.5, 0.6) is 0 Å². The van der Waals surface area contributed by atoms with Gasteiger partial charge in [0.15, 0.2) is 5.82 Å². The van der Waals surface area contributed by atoms with Crippen molar-refractivity contribution in [1.82, 2.24) is 15.5 Å². The van der Waals surface area contributed by atoms with E-state index in [-0.39, 0.29) is 18.2 Å². The van der Waals surface area contributed by atoms with E-state index in [4.69, 9.17) is 9.63 Å². The summed E-state index contributed by atoms with van der Waals surface area (Å²) in [4.78, 5) is 27.0. The predicted molar refractivity (Wildman–Crippen MR) is 75.6 cm³/mol. The van der Waals surface area contributed by atoms with Gasteiger partial charge in [-0.05, 0) is 18.8 Å². The Morgan fingerprint density at radius 2 is 2.05 bits per heavy atom. The summed E-state index contributed by atoms with van der Waals surface area (Å²) in [5.41, 5.74) is 0. The number of hydrogen-bond acceptors (Lipinski definition) is 5. The average molecular weight is 297 g/mol. The zero-order valence-electron chi connectivity index (χ0n) is 12.8. The molecule has 0 fully saturated rings. The molecule has 0 radical (unpaired) electrons. The second kappa shape index (κ2) is 8.39. The largest absolute Gasteiger partial charge is 0.480 e. The van der Waals surface area contributed by atoms with Gasteiger partial charge in [-0.3, -0.25) is 4.79 Å².